The first-order valence-electron chi connectivity index (χ1n) is 37.7. The zero-order chi connectivity index (χ0) is 71.7. The number of ether oxygens (including phenoxy) is 5. The summed E-state index contributed by atoms with van der Waals surface area (Å²) in [6, 6.07) is 24.3. The predicted octanol–water partition coefficient (Wildman–Crippen LogP) is 21.1. The van der Waals surface area contributed by atoms with Gasteiger partial charge in [0.1, 0.15) is 53.6 Å². The molecule has 7 rings (SSSR count). The second-order valence-corrected chi connectivity index (χ2v) is 29.6. The van der Waals surface area contributed by atoms with Gasteiger partial charge in [0.2, 0.25) is 5.60 Å². The fourth-order valence-electron chi connectivity index (χ4n) is 13.2. The van der Waals surface area contributed by atoms with Crippen molar-refractivity contribution in [2.24, 2.45) is 0 Å². The van der Waals surface area contributed by atoms with Gasteiger partial charge < -0.3 is 39.0 Å². The van der Waals surface area contributed by atoms with E-state index in [2.05, 4.69) is 30.0 Å². The number of aliphatic hydroxyl groups excluding tert-OH is 1. The summed E-state index contributed by atoms with van der Waals surface area (Å²) in [5, 5.41) is 43.3. The monoisotopic (exact) mass is 1430 g/mol. The summed E-state index contributed by atoms with van der Waals surface area (Å²) in [5.74, 6) is -1.85. The quantitative estimate of drug-likeness (QED) is 0.0272. The maximum Gasteiger partial charge on any atom is 0.530 e. The minimum absolute atomic E-state index is 0.0245. The molecule has 552 valence electrons. The molecule has 2 aliphatic rings. The minimum Gasteiger partial charge on any atom is -0.402 e. The highest BCUT2D eigenvalue weighted by molar-refractivity contribution is 7.49. The molecule has 100 heavy (non-hydrogen) atoms. The van der Waals surface area contributed by atoms with Crippen molar-refractivity contribution in [3.63, 3.8) is 0 Å². The van der Waals surface area contributed by atoms with Crippen LogP contribution >= 0.6 is 19.4 Å². The van der Waals surface area contributed by atoms with Crippen LogP contribution in [0.15, 0.2) is 79.1 Å². The summed E-state index contributed by atoms with van der Waals surface area (Å²) in [6.07, 6.45) is 43.0. The van der Waals surface area contributed by atoms with E-state index in [1.807, 2.05) is 12.1 Å². The van der Waals surface area contributed by atoms with Gasteiger partial charge in [0.15, 0.2) is 11.6 Å². The number of hydrogen-bond donors (Lipinski definition) is 2. The van der Waals surface area contributed by atoms with E-state index in [9.17, 15) is 29.0 Å². The van der Waals surface area contributed by atoms with Crippen molar-refractivity contribution in [2.45, 2.75) is 314 Å². The number of unbranched alkanes of at least 4 members (excludes halogenated alkanes) is 32. The zero-order valence-electron chi connectivity index (χ0n) is 60.3. The van der Waals surface area contributed by atoms with Crippen LogP contribution in [0.2, 0.25) is 5.02 Å². The van der Waals surface area contributed by atoms with Gasteiger partial charge in [0.25, 0.3) is 0 Å². The Labute approximate surface area is 601 Å². The van der Waals surface area contributed by atoms with Gasteiger partial charge in [-0.25, -0.2) is 22.8 Å². The van der Waals surface area contributed by atoms with Crippen LogP contribution in [0.5, 0.6) is 5.75 Å². The second-order valence-electron chi connectivity index (χ2n) is 27.6. The molecule has 4 heterocycles. The minimum atomic E-state index is -4.56. The number of nitrogen functional groups attached to an aromatic ring is 1. The van der Waals surface area contributed by atoms with Gasteiger partial charge in [-0.15, -0.1) is 0 Å². The number of nitrogens with zero attached hydrogens (tertiary/aromatic N) is 6. The number of hydrogen-bond acceptors (Lipinski definition) is 16. The lowest BCUT2D eigenvalue weighted by Crippen LogP contribution is -2.40. The van der Waals surface area contributed by atoms with Gasteiger partial charge in [-0.3, -0.25) is 9.05 Å². The molecule has 2 fully saturated rings. The van der Waals surface area contributed by atoms with E-state index >= 15 is 0 Å². The van der Waals surface area contributed by atoms with E-state index in [4.69, 9.17) is 59.9 Å². The van der Waals surface area contributed by atoms with Crippen molar-refractivity contribution >= 4 is 30.8 Å². The molecule has 0 saturated carbocycles. The summed E-state index contributed by atoms with van der Waals surface area (Å²) in [5.41, 5.74) is 6.72. The number of halogens is 3. The van der Waals surface area contributed by atoms with Crippen LogP contribution in [-0.4, -0.2) is 75.8 Å². The first kappa shape index (κ1) is 83.4. The molecule has 5 aromatic rings. The van der Waals surface area contributed by atoms with Gasteiger partial charge in [-0.2, -0.15) is 20.9 Å². The molecule has 0 amide bonds. The van der Waals surface area contributed by atoms with Gasteiger partial charge in [-0.05, 0) is 98.5 Å². The lowest BCUT2D eigenvalue weighted by atomic mass is 9.92. The van der Waals surface area contributed by atoms with Crippen LogP contribution in [-0.2, 0) is 56.1 Å². The zero-order valence-corrected chi connectivity index (χ0v) is 62.0. The molecular weight excluding hydrogens is 1310 g/mol. The Bertz CT molecular complexity index is 3310. The normalized spacial score (nSPS) is 18.1. The molecule has 2 aliphatic heterocycles. The number of aliphatic hydroxyl groups is 1. The largest absolute Gasteiger partial charge is 0.530 e. The van der Waals surface area contributed by atoms with E-state index in [0.717, 1.165) is 51.0 Å². The third kappa shape index (κ3) is 29.6. The van der Waals surface area contributed by atoms with Crippen molar-refractivity contribution in [3.8, 4) is 24.0 Å². The Morgan fingerprint density at radius 2 is 1.08 bits per heavy atom. The average molecular weight is 1430 g/mol. The van der Waals surface area contributed by atoms with Crippen LogP contribution in [0.4, 0.5) is 14.6 Å². The lowest BCUT2D eigenvalue weighted by Gasteiger charge is -2.29. The van der Waals surface area contributed by atoms with Crippen LogP contribution in [0.1, 0.15) is 287 Å². The molecule has 1 unspecified atom stereocenters. The Hall–Kier alpha value is -5.59. The van der Waals surface area contributed by atoms with Crippen molar-refractivity contribution in [3.05, 3.63) is 124 Å². The molecule has 0 aliphatic carbocycles. The maximum atomic E-state index is 14.8. The number of phosphoric ester groups is 1. The second kappa shape index (κ2) is 46.9. The third-order valence-electron chi connectivity index (χ3n) is 18.7. The number of nitriles is 3. The predicted molar refractivity (Wildman–Crippen MR) is 389 cm³/mol. The molecule has 0 spiro atoms. The smallest absolute Gasteiger partial charge is 0.402 e. The van der Waals surface area contributed by atoms with Crippen LogP contribution < -0.4 is 10.3 Å². The van der Waals surface area contributed by atoms with Crippen molar-refractivity contribution in [1.29, 1.82) is 15.8 Å². The highest BCUT2D eigenvalue weighted by Gasteiger charge is 2.65. The first-order valence-corrected chi connectivity index (χ1v) is 39.5. The molecule has 7 atom stereocenters. The SMILES string of the molecule is CCCCCCCCCCCCCCCCCCC[C@H](CO)OCc1cc(F)cc(C#N)c1.CCCCCCCCCCCCCCCCCCC[C@H](COP(=O)(OC[C@H]1O[C@@](C#N)(c2ccc3c(N)ncnn23)[C@@H]2OC(C)(C)O[C@@H]21)Oc1ccccc1Cl)OCc1cc(F)cc(C#N)c1. The van der Waals surface area contributed by atoms with Crippen LogP contribution in [0.3, 0.4) is 0 Å². The number of aromatic nitrogens is 3. The van der Waals surface area contributed by atoms with E-state index in [-0.39, 0.29) is 54.7 Å². The number of phosphoric acid groups is 1. The van der Waals surface area contributed by atoms with Crippen LogP contribution in [0.25, 0.3) is 5.52 Å². The van der Waals surface area contributed by atoms with E-state index < -0.39 is 61.9 Å². The molecule has 3 N–H and O–H groups in total. The fourth-order valence-corrected chi connectivity index (χ4v) is 14.7. The first-order chi connectivity index (χ1) is 48.6. The van der Waals surface area contributed by atoms with Gasteiger partial charge >= 0.3 is 7.82 Å². The Morgan fingerprint density at radius 1 is 0.620 bits per heavy atom. The maximum absolute atomic E-state index is 14.8. The summed E-state index contributed by atoms with van der Waals surface area (Å²) in [7, 11) is -4.56. The number of rotatable bonds is 52. The Kier molecular flexibility index (Phi) is 39.1. The topological polar surface area (TPSA) is 239 Å². The molecule has 2 saturated heterocycles. The van der Waals surface area contributed by atoms with Crippen molar-refractivity contribution < 1.29 is 55.7 Å². The molecule has 2 aromatic heterocycles. The molecule has 17 nitrogen and oxygen atoms in total. The number of nitrogens with two attached hydrogens (primary N) is 1. The summed E-state index contributed by atoms with van der Waals surface area (Å²) in [4.78, 5) is 4.06. The highest BCUT2D eigenvalue weighted by Crippen LogP contribution is 2.54. The number of fused-ring (bicyclic) bond motifs is 2. The average Bonchev–Trinajstić information content (AvgIpc) is 1.56. The van der Waals surface area contributed by atoms with E-state index in [0.29, 0.717) is 34.3 Å². The fraction of sp³-hybridized carbons (Fsp3) is 0.658. The van der Waals surface area contributed by atoms with E-state index in [1.54, 1.807) is 56.3 Å². The van der Waals surface area contributed by atoms with Crippen LogP contribution in [0, 0.1) is 45.6 Å². The Morgan fingerprint density at radius 3 is 1.54 bits per heavy atom. The standard InChI is InChI=1S/C50H67ClFN6O8P.C29H48FNO2/c1-4-5-6-7-8-9-10-11-12-13-14-15-16-17-18-19-20-23-40(60-32-38-28-37(31-53)29-39(52)30-38)33-61-67(59,66-43-25-22-21-24-41(43)51)62-34-44-46-47(65-49(2,3)64-46)50(35-54,63-44)45-27-26-42-48(55)56-36-57-58(42)45;1-2-3-4-5-6-7-8-9-10-11-12-13-14-15-16-17-18-19-29(24-32)33-25-27-20-26(23-31)21-28(30)22-27/h21-22,24-30,36,40,44,46-47H,4-20,23,32-34H2,1-3H3,(H2,55,56,57);20-22,29,32H,2-19,24-25H2,1H3/t40-,44-,46-,47-,50+,67?;29-/m11/s1. The summed E-state index contributed by atoms with van der Waals surface area (Å²) < 4.78 is 93.5. The Balaban J connectivity index is 0.000000401. The van der Waals surface area contributed by atoms with E-state index in [1.165, 1.54) is 215 Å². The molecular formula is C79H115ClF2N7O10P. The number of benzene rings is 3. The number of anilines is 1. The highest BCUT2D eigenvalue weighted by atomic mass is 35.5. The molecule has 0 bridgehead atoms. The van der Waals surface area contributed by atoms with Crippen molar-refractivity contribution in [1.82, 2.24) is 14.6 Å². The third-order valence-corrected chi connectivity index (χ3v) is 20.4. The van der Waals surface area contributed by atoms with Gasteiger partial charge in [-0.1, -0.05) is 256 Å². The summed E-state index contributed by atoms with van der Waals surface area (Å²) in [6.45, 7) is 7.50. The van der Waals surface area contributed by atoms with Gasteiger partial charge in [0, 0.05) is 0 Å². The van der Waals surface area contributed by atoms with Crippen molar-refractivity contribution in [2.75, 3.05) is 25.6 Å². The molecule has 3 aromatic carbocycles. The molecule has 0 radical (unpaired) electrons. The summed E-state index contributed by atoms with van der Waals surface area (Å²) >= 11 is 6.48. The number of para-hydroxylation sites is 1. The van der Waals surface area contributed by atoms with Gasteiger partial charge in [0.05, 0.1) is 79.2 Å². The lowest BCUT2D eigenvalue weighted by molar-refractivity contribution is -0.204. The molecule has 21 heteroatoms.